The second kappa shape index (κ2) is 10.9. The third-order valence-corrected chi connectivity index (χ3v) is 3.51. The fraction of sp³-hybridized carbons (Fsp3) is 0.217. The summed E-state index contributed by atoms with van der Waals surface area (Å²) in [4.78, 5) is 0. The minimum atomic E-state index is 0.329. The summed E-state index contributed by atoms with van der Waals surface area (Å²) in [6.45, 7) is 8.23. The van der Waals surface area contributed by atoms with Crippen LogP contribution in [0.15, 0.2) is 72.8 Å². The van der Waals surface area contributed by atoms with Gasteiger partial charge in [-0.05, 0) is 52.0 Å². The first kappa shape index (κ1) is 20.3. The summed E-state index contributed by atoms with van der Waals surface area (Å²) in [5.74, 6) is 1.25. The van der Waals surface area contributed by atoms with Gasteiger partial charge in [-0.25, -0.2) is 0 Å². The zero-order valence-corrected chi connectivity index (χ0v) is 15.8. The number of aromatic hydroxyl groups is 1. The average Bonchev–Trinajstić information content (AvgIpc) is 2.62. The normalized spacial score (nSPS) is 9.16. The monoisotopic (exact) mass is 336 g/mol. The molecule has 0 unspecified atom stereocenters. The fourth-order valence-corrected chi connectivity index (χ4v) is 1.86. The average molecular weight is 336 g/mol. The van der Waals surface area contributed by atoms with E-state index in [-0.39, 0.29) is 0 Å². The number of phenols is 1. The van der Waals surface area contributed by atoms with Crippen molar-refractivity contribution in [3.8, 4) is 11.5 Å². The SMILES string of the molecule is COc1ccc(C)cc1.Cc1ccc(C)cc1.Cc1ccc(O)cc1. The first-order chi connectivity index (χ1) is 11.9. The van der Waals surface area contributed by atoms with Crippen molar-refractivity contribution in [1.29, 1.82) is 0 Å². The van der Waals surface area contributed by atoms with Gasteiger partial charge in [-0.2, -0.15) is 0 Å². The van der Waals surface area contributed by atoms with Crippen LogP contribution in [0.25, 0.3) is 0 Å². The summed E-state index contributed by atoms with van der Waals surface area (Å²) in [5.41, 5.74) is 5.09. The molecular formula is C23H28O2. The lowest BCUT2D eigenvalue weighted by Gasteiger charge is -1.97. The van der Waals surface area contributed by atoms with Crippen LogP contribution in [0.4, 0.5) is 0 Å². The largest absolute Gasteiger partial charge is 0.508 e. The lowest BCUT2D eigenvalue weighted by Crippen LogP contribution is -1.80. The number of methoxy groups -OCH3 is 1. The molecule has 2 heteroatoms. The van der Waals surface area contributed by atoms with E-state index in [2.05, 4.69) is 45.0 Å². The van der Waals surface area contributed by atoms with Gasteiger partial charge in [0.15, 0.2) is 0 Å². The molecule has 0 aliphatic rings. The highest BCUT2D eigenvalue weighted by molar-refractivity contribution is 5.26. The van der Waals surface area contributed by atoms with E-state index in [4.69, 9.17) is 9.84 Å². The Labute approximate surface area is 151 Å². The minimum absolute atomic E-state index is 0.329. The van der Waals surface area contributed by atoms with Gasteiger partial charge in [0.05, 0.1) is 7.11 Å². The molecule has 0 spiro atoms. The molecule has 3 rings (SSSR count). The van der Waals surface area contributed by atoms with Crippen LogP contribution in [0.3, 0.4) is 0 Å². The molecule has 1 N–H and O–H groups in total. The summed E-state index contributed by atoms with van der Waals surface area (Å²) < 4.78 is 4.97. The molecule has 0 aliphatic heterocycles. The molecule has 0 aromatic heterocycles. The van der Waals surface area contributed by atoms with Gasteiger partial charge in [0.1, 0.15) is 11.5 Å². The number of hydrogen-bond donors (Lipinski definition) is 1. The second-order valence-electron chi connectivity index (χ2n) is 6.01. The molecule has 2 nitrogen and oxygen atoms in total. The van der Waals surface area contributed by atoms with Gasteiger partial charge in [-0.15, -0.1) is 0 Å². The first-order valence-corrected chi connectivity index (χ1v) is 8.30. The Hall–Kier alpha value is -2.74. The smallest absolute Gasteiger partial charge is 0.118 e. The summed E-state index contributed by atoms with van der Waals surface area (Å²) in [6.07, 6.45) is 0. The van der Waals surface area contributed by atoms with E-state index in [1.165, 1.54) is 22.3 Å². The number of ether oxygens (including phenoxy) is 1. The van der Waals surface area contributed by atoms with Gasteiger partial charge in [-0.1, -0.05) is 70.8 Å². The van der Waals surface area contributed by atoms with Gasteiger partial charge in [0, 0.05) is 0 Å². The van der Waals surface area contributed by atoms with E-state index >= 15 is 0 Å². The van der Waals surface area contributed by atoms with Crippen LogP contribution in [0.5, 0.6) is 11.5 Å². The van der Waals surface area contributed by atoms with Crippen molar-refractivity contribution in [1.82, 2.24) is 0 Å². The third kappa shape index (κ3) is 9.21. The third-order valence-electron chi connectivity index (χ3n) is 3.51. The molecule has 0 atom stereocenters. The Balaban J connectivity index is 0.000000188. The van der Waals surface area contributed by atoms with Crippen LogP contribution in [0.2, 0.25) is 0 Å². The number of rotatable bonds is 1. The summed E-state index contributed by atoms with van der Waals surface area (Å²) in [5, 5.41) is 8.76. The van der Waals surface area contributed by atoms with Crippen LogP contribution >= 0.6 is 0 Å². The van der Waals surface area contributed by atoms with E-state index in [1.807, 2.05) is 43.3 Å². The van der Waals surface area contributed by atoms with Crippen molar-refractivity contribution in [2.75, 3.05) is 7.11 Å². The summed E-state index contributed by atoms with van der Waals surface area (Å²) in [7, 11) is 1.67. The van der Waals surface area contributed by atoms with Crippen LogP contribution in [-0.2, 0) is 0 Å². The van der Waals surface area contributed by atoms with Crippen molar-refractivity contribution >= 4 is 0 Å². The number of aryl methyl sites for hydroxylation is 4. The van der Waals surface area contributed by atoms with Gasteiger partial charge in [0.2, 0.25) is 0 Å². The Kier molecular flexibility index (Phi) is 8.87. The van der Waals surface area contributed by atoms with Gasteiger partial charge < -0.3 is 9.84 Å². The number of phenolic OH excluding ortho intramolecular Hbond substituents is 1. The molecule has 3 aromatic carbocycles. The van der Waals surface area contributed by atoms with E-state index in [1.54, 1.807) is 19.2 Å². The van der Waals surface area contributed by atoms with Crippen LogP contribution in [0, 0.1) is 27.7 Å². The lowest BCUT2D eigenvalue weighted by molar-refractivity contribution is 0.414. The molecule has 0 bridgehead atoms. The van der Waals surface area contributed by atoms with Crippen molar-refractivity contribution in [2.45, 2.75) is 27.7 Å². The molecule has 25 heavy (non-hydrogen) atoms. The highest BCUT2D eigenvalue weighted by atomic mass is 16.5. The molecule has 0 heterocycles. The van der Waals surface area contributed by atoms with E-state index in [0.29, 0.717) is 5.75 Å². The predicted octanol–water partition coefficient (Wildman–Crippen LogP) is 6.01. The first-order valence-electron chi connectivity index (χ1n) is 8.30. The number of benzene rings is 3. The molecule has 0 radical (unpaired) electrons. The Morgan fingerprint density at radius 3 is 1.08 bits per heavy atom. The summed E-state index contributed by atoms with van der Waals surface area (Å²) >= 11 is 0. The van der Waals surface area contributed by atoms with E-state index in [9.17, 15) is 0 Å². The van der Waals surface area contributed by atoms with Gasteiger partial charge in [-0.3, -0.25) is 0 Å². The van der Waals surface area contributed by atoms with Crippen LogP contribution in [0.1, 0.15) is 22.3 Å². The zero-order chi connectivity index (χ0) is 18.7. The van der Waals surface area contributed by atoms with Crippen LogP contribution in [-0.4, -0.2) is 12.2 Å². The molecule has 0 saturated heterocycles. The maximum Gasteiger partial charge on any atom is 0.118 e. The lowest BCUT2D eigenvalue weighted by atomic mass is 10.2. The maximum absolute atomic E-state index is 8.76. The zero-order valence-electron chi connectivity index (χ0n) is 15.8. The van der Waals surface area contributed by atoms with Crippen molar-refractivity contribution in [2.24, 2.45) is 0 Å². The highest BCUT2D eigenvalue weighted by Gasteiger charge is 1.85. The molecule has 0 saturated carbocycles. The van der Waals surface area contributed by atoms with Gasteiger partial charge in [0.25, 0.3) is 0 Å². The maximum atomic E-state index is 8.76. The molecule has 0 fully saturated rings. The summed E-state index contributed by atoms with van der Waals surface area (Å²) in [6, 6.07) is 23.5. The highest BCUT2D eigenvalue weighted by Crippen LogP contribution is 2.09. The fourth-order valence-electron chi connectivity index (χ4n) is 1.86. The second-order valence-corrected chi connectivity index (χ2v) is 6.01. The molecule has 132 valence electrons. The van der Waals surface area contributed by atoms with E-state index in [0.717, 1.165) is 5.75 Å². The molecule has 0 amide bonds. The Bertz CT molecular complexity index is 626. The minimum Gasteiger partial charge on any atom is -0.508 e. The predicted molar refractivity (Wildman–Crippen MR) is 106 cm³/mol. The Morgan fingerprint density at radius 2 is 0.800 bits per heavy atom. The van der Waals surface area contributed by atoms with Crippen LogP contribution < -0.4 is 4.74 Å². The van der Waals surface area contributed by atoms with Gasteiger partial charge >= 0.3 is 0 Å². The number of hydrogen-bond acceptors (Lipinski definition) is 2. The quantitative estimate of drug-likeness (QED) is 0.590. The topological polar surface area (TPSA) is 29.5 Å². The van der Waals surface area contributed by atoms with Crippen molar-refractivity contribution in [3.63, 3.8) is 0 Å². The molecule has 0 aliphatic carbocycles. The van der Waals surface area contributed by atoms with Crippen molar-refractivity contribution in [3.05, 3.63) is 95.1 Å². The molecular weight excluding hydrogens is 308 g/mol. The van der Waals surface area contributed by atoms with E-state index < -0.39 is 0 Å². The standard InChI is InChI=1S/C8H10O.C8H10.C7H8O/c1-7-3-5-8(9-2)6-4-7;1-7-3-5-8(2)6-4-7;1-6-2-4-7(8)5-3-6/h3-6H,1-2H3;3-6H,1-2H3;2-5,8H,1H3. The molecule has 3 aromatic rings. The Morgan fingerprint density at radius 1 is 0.520 bits per heavy atom. The van der Waals surface area contributed by atoms with Crippen molar-refractivity contribution < 1.29 is 9.84 Å².